The Morgan fingerprint density at radius 3 is 2.00 bits per heavy atom. The highest BCUT2D eigenvalue weighted by Crippen LogP contribution is 2.25. The standard InChI is InChI=1S/C20H42N4O/c1-8-18(9-2)19(12-14-23(7)15-22)25-20(11-10-13-21)24(16(3)4)17(5)6/h16-20H,8-12,14-15,22H2,1-7H3. The molecule has 0 aromatic heterocycles. The van der Waals surface area contributed by atoms with Gasteiger partial charge >= 0.3 is 0 Å². The lowest BCUT2D eigenvalue weighted by Crippen LogP contribution is -2.49. The summed E-state index contributed by atoms with van der Waals surface area (Å²) in [7, 11) is 2.05. The number of nitrogens with zero attached hydrogens (tertiary/aromatic N) is 3. The van der Waals surface area contributed by atoms with Gasteiger partial charge in [-0.15, -0.1) is 0 Å². The topological polar surface area (TPSA) is 65.5 Å². The van der Waals surface area contributed by atoms with Crippen LogP contribution in [0, 0.1) is 17.2 Å². The fourth-order valence-corrected chi connectivity index (χ4v) is 3.61. The van der Waals surface area contributed by atoms with Crippen LogP contribution in [-0.2, 0) is 4.74 Å². The molecule has 148 valence electrons. The lowest BCUT2D eigenvalue weighted by Gasteiger charge is -2.41. The third-order valence-corrected chi connectivity index (χ3v) is 5.04. The summed E-state index contributed by atoms with van der Waals surface area (Å²) in [5, 5.41) is 9.07. The molecular weight excluding hydrogens is 312 g/mol. The summed E-state index contributed by atoms with van der Waals surface area (Å²) in [4.78, 5) is 4.53. The third-order valence-electron chi connectivity index (χ3n) is 5.04. The van der Waals surface area contributed by atoms with Gasteiger partial charge in [-0.1, -0.05) is 26.7 Å². The van der Waals surface area contributed by atoms with E-state index in [1.807, 2.05) is 7.05 Å². The van der Waals surface area contributed by atoms with E-state index in [0.29, 0.717) is 31.1 Å². The normalized spacial score (nSPS) is 14.7. The molecule has 0 aliphatic rings. The molecule has 5 heteroatoms. The van der Waals surface area contributed by atoms with Crippen LogP contribution in [0.1, 0.15) is 73.6 Å². The van der Waals surface area contributed by atoms with Crippen LogP contribution in [0.4, 0.5) is 0 Å². The van der Waals surface area contributed by atoms with E-state index in [0.717, 1.165) is 32.2 Å². The Balaban J connectivity index is 5.29. The van der Waals surface area contributed by atoms with Gasteiger partial charge in [0.1, 0.15) is 6.23 Å². The summed E-state index contributed by atoms with van der Waals surface area (Å²) >= 11 is 0. The minimum atomic E-state index is -0.00608. The minimum absolute atomic E-state index is 0.00608. The molecule has 0 aliphatic carbocycles. The molecule has 0 rings (SSSR count). The molecule has 2 atom stereocenters. The molecule has 0 fully saturated rings. The first-order valence-electron chi connectivity index (χ1n) is 10.0. The van der Waals surface area contributed by atoms with Crippen molar-refractivity contribution >= 4 is 0 Å². The molecule has 0 aliphatic heterocycles. The zero-order chi connectivity index (χ0) is 19.4. The van der Waals surface area contributed by atoms with Crippen LogP contribution in [0.25, 0.3) is 0 Å². The van der Waals surface area contributed by atoms with E-state index in [9.17, 15) is 0 Å². The average molecular weight is 355 g/mol. The molecule has 2 N–H and O–H groups in total. The van der Waals surface area contributed by atoms with Crippen LogP contribution < -0.4 is 5.73 Å². The number of nitrogens with two attached hydrogens (primary N) is 1. The summed E-state index contributed by atoms with van der Waals surface area (Å²) in [5.74, 6) is 0.539. The summed E-state index contributed by atoms with van der Waals surface area (Å²) in [6, 6.07) is 3.06. The van der Waals surface area contributed by atoms with Crippen molar-refractivity contribution in [1.82, 2.24) is 9.80 Å². The zero-order valence-corrected chi connectivity index (χ0v) is 17.7. The smallest absolute Gasteiger partial charge is 0.112 e. The molecule has 0 saturated carbocycles. The van der Waals surface area contributed by atoms with Gasteiger partial charge < -0.3 is 10.5 Å². The molecule has 0 spiro atoms. The van der Waals surface area contributed by atoms with Gasteiger partial charge in [-0.2, -0.15) is 5.26 Å². The Bertz CT molecular complexity index is 355. The molecule has 0 heterocycles. The van der Waals surface area contributed by atoms with Gasteiger partial charge in [0.15, 0.2) is 0 Å². The summed E-state index contributed by atoms with van der Waals surface area (Å²) in [6.45, 7) is 14.8. The molecule has 5 nitrogen and oxygen atoms in total. The highest BCUT2D eigenvalue weighted by molar-refractivity contribution is 4.80. The molecule has 2 unspecified atom stereocenters. The Labute approximate surface area is 156 Å². The largest absolute Gasteiger partial charge is 0.360 e. The maximum atomic E-state index is 9.07. The lowest BCUT2D eigenvalue weighted by molar-refractivity contribution is -0.143. The van der Waals surface area contributed by atoms with Crippen molar-refractivity contribution in [3.8, 4) is 6.07 Å². The summed E-state index contributed by atoms with van der Waals surface area (Å²) in [5.41, 5.74) is 5.73. The molecule has 0 amide bonds. The molecule has 25 heavy (non-hydrogen) atoms. The summed E-state index contributed by atoms with van der Waals surface area (Å²) < 4.78 is 6.68. The lowest BCUT2D eigenvalue weighted by atomic mass is 9.93. The van der Waals surface area contributed by atoms with Crippen LogP contribution in [0.2, 0.25) is 0 Å². The van der Waals surface area contributed by atoms with Crippen LogP contribution in [0.5, 0.6) is 0 Å². The van der Waals surface area contributed by atoms with Gasteiger partial charge in [-0.3, -0.25) is 9.80 Å². The Hall–Kier alpha value is -0.670. The van der Waals surface area contributed by atoms with E-state index in [4.69, 9.17) is 15.7 Å². The monoisotopic (exact) mass is 354 g/mol. The number of hydrogen-bond donors (Lipinski definition) is 1. The van der Waals surface area contributed by atoms with Crippen LogP contribution in [-0.4, -0.2) is 54.5 Å². The quantitative estimate of drug-likeness (QED) is 0.481. The van der Waals surface area contributed by atoms with Gasteiger partial charge in [0, 0.05) is 38.1 Å². The van der Waals surface area contributed by atoms with E-state index in [1.54, 1.807) is 0 Å². The zero-order valence-electron chi connectivity index (χ0n) is 17.7. The van der Waals surface area contributed by atoms with E-state index < -0.39 is 0 Å². The van der Waals surface area contributed by atoms with Crippen molar-refractivity contribution in [2.45, 2.75) is 98.1 Å². The first-order chi connectivity index (χ1) is 11.8. The second-order valence-electron chi connectivity index (χ2n) is 7.59. The van der Waals surface area contributed by atoms with Gasteiger partial charge in [0.05, 0.1) is 12.2 Å². The fourth-order valence-electron chi connectivity index (χ4n) is 3.61. The van der Waals surface area contributed by atoms with Gasteiger partial charge in [-0.05, 0) is 47.1 Å². The van der Waals surface area contributed by atoms with E-state index in [2.05, 4.69) is 57.4 Å². The fraction of sp³-hybridized carbons (Fsp3) is 0.950. The molecule has 0 bridgehead atoms. The number of rotatable bonds is 14. The van der Waals surface area contributed by atoms with Crippen LogP contribution in [0.3, 0.4) is 0 Å². The van der Waals surface area contributed by atoms with E-state index in [-0.39, 0.29) is 12.3 Å². The van der Waals surface area contributed by atoms with Gasteiger partial charge in [0.2, 0.25) is 0 Å². The van der Waals surface area contributed by atoms with Crippen LogP contribution >= 0.6 is 0 Å². The van der Waals surface area contributed by atoms with Crippen molar-refractivity contribution in [1.29, 1.82) is 5.26 Å². The average Bonchev–Trinajstić information content (AvgIpc) is 2.56. The van der Waals surface area contributed by atoms with Crippen molar-refractivity contribution < 1.29 is 4.74 Å². The first-order valence-corrected chi connectivity index (χ1v) is 10.0. The predicted octanol–water partition coefficient (Wildman–Crippen LogP) is 3.79. The minimum Gasteiger partial charge on any atom is -0.360 e. The van der Waals surface area contributed by atoms with Crippen molar-refractivity contribution in [3.05, 3.63) is 0 Å². The molecule has 0 aromatic carbocycles. The van der Waals surface area contributed by atoms with Gasteiger partial charge in [0.25, 0.3) is 0 Å². The molecule has 0 saturated heterocycles. The third kappa shape index (κ3) is 9.01. The van der Waals surface area contributed by atoms with Crippen molar-refractivity contribution in [3.63, 3.8) is 0 Å². The summed E-state index contributed by atoms with van der Waals surface area (Å²) in [6.07, 6.45) is 4.69. The SMILES string of the molecule is CCC(CC)C(CCN(C)CN)OC(CCC#N)N(C(C)C)C(C)C. The van der Waals surface area contributed by atoms with E-state index >= 15 is 0 Å². The number of ether oxygens (including phenoxy) is 1. The Kier molecular flexibility index (Phi) is 13.2. The predicted molar refractivity (Wildman–Crippen MR) is 106 cm³/mol. The Morgan fingerprint density at radius 1 is 1.04 bits per heavy atom. The van der Waals surface area contributed by atoms with Gasteiger partial charge in [-0.25, -0.2) is 0 Å². The highest BCUT2D eigenvalue weighted by atomic mass is 16.5. The maximum Gasteiger partial charge on any atom is 0.112 e. The highest BCUT2D eigenvalue weighted by Gasteiger charge is 2.29. The number of hydrogen-bond acceptors (Lipinski definition) is 5. The van der Waals surface area contributed by atoms with E-state index in [1.165, 1.54) is 0 Å². The van der Waals surface area contributed by atoms with Crippen molar-refractivity contribution in [2.24, 2.45) is 11.7 Å². The molecule has 0 aromatic rings. The molecule has 0 radical (unpaired) electrons. The molecular formula is C20H42N4O. The number of nitriles is 1. The van der Waals surface area contributed by atoms with Crippen LogP contribution in [0.15, 0.2) is 0 Å². The maximum absolute atomic E-state index is 9.07. The Morgan fingerprint density at radius 2 is 1.60 bits per heavy atom. The second kappa shape index (κ2) is 13.5. The van der Waals surface area contributed by atoms with Crippen molar-refractivity contribution in [2.75, 3.05) is 20.3 Å². The first kappa shape index (κ1) is 24.3. The second-order valence-corrected chi connectivity index (χ2v) is 7.59.